The number of benzene rings is 1. The van der Waals surface area contributed by atoms with E-state index in [-0.39, 0.29) is 0 Å². The molecule has 2 aromatic heterocycles. The van der Waals surface area contributed by atoms with Gasteiger partial charge in [-0.1, -0.05) is 18.2 Å². The summed E-state index contributed by atoms with van der Waals surface area (Å²) < 4.78 is 2.29. The Kier molecular flexibility index (Phi) is 3.60. The molecule has 21 heavy (non-hydrogen) atoms. The number of pyridine rings is 1. The summed E-state index contributed by atoms with van der Waals surface area (Å²) in [6.45, 7) is 4.36. The third-order valence-corrected chi connectivity index (χ3v) is 3.75. The Bertz CT molecular complexity index is 758. The fourth-order valence-corrected chi connectivity index (χ4v) is 2.76. The number of anilines is 1. The number of nitrogens with zero attached hydrogens (tertiary/aromatic N) is 3. The molecule has 0 bridgehead atoms. The van der Waals surface area contributed by atoms with E-state index in [1.807, 2.05) is 36.7 Å². The van der Waals surface area contributed by atoms with Crippen LogP contribution in [0.3, 0.4) is 0 Å². The van der Waals surface area contributed by atoms with E-state index in [0.29, 0.717) is 6.04 Å². The number of aromatic nitrogens is 3. The fraction of sp³-hybridized carbons (Fsp3) is 0.294. The van der Waals surface area contributed by atoms with Gasteiger partial charge in [-0.15, -0.1) is 0 Å². The van der Waals surface area contributed by atoms with Gasteiger partial charge in [0.05, 0.1) is 11.7 Å². The molecule has 0 atom stereocenters. The minimum Gasteiger partial charge on any atom is -0.399 e. The normalized spacial score (nSPS) is 11.4. The number of rotatable bonds is 4. The van der Waals surface area contributed by atoms with Crippen molar-refractivity contribution in [2.24, 2.45) is 0 Å². The predicted octanol–water partition coefficient (Wildman–Crippen LogP) is 3.38. The van der Waals surface area contributed by atoms with Crippen molar-refractivity contribution < 1.29 is 0 Å². The molecule has 3 rings (SSSR count). The SMILES string of the molecule is CC(C)n1c(CCc2ccccc2N)nc2cnccc21. The van der Waals surface area contributed by atoms with Crippen LogP contribution >= 0.6 is 0 Å². The van der Waals surface area contributed by atoms with Crippen LogP contribution in [-0.2, 0) is 12.8 Å². The van der Waals surface area contributed by atoms with Gasteiger partial charge >= 0.3 is 0 Å². The third kappa shape index (κ3) is 2.61. The van der Waals surface area contributed by atoms with Crippen molar-refractivity contribution >= 4 is 16.7 Å². The topological polar surface area (TPSA) is 56.7 Å². The molecule has 3 aromatic rings. The van der Waals surface area contributed by atoms with Gasteiger partial charge in [0, 0.05) is 24.3 Å². The van der Waals surface area contributed by atoms with Gasteiger partial charge in [0.25, 0.3) is 0 Å². The quantitative estimate of drug-likeness (QED) is 0.745. The van der Waals surface area contributed by atoms with Gasteiger partial charge in [-0.05, 0) is 38.0 Å². The van der Waals surface area contributed by atoms with Crippen LogP contribution in [0, 0.1) is 0 Å². The molecule has 0 spiro atoms. The number of nitrogen functional groups attached to an aromatic ring is 1. The predicted molar refractivity (Wildman–Crippen MR) is 86.2 cm³/mol. The Morgan fingerprint density at radius 2 is 1.95 bits per heavy atom. The van der Waals surface area contributed by atoms with Crippen molar-refractivity contribution in [1.82, 2.24) is 14.5 Å². The molecule has 2 N–H and O–H groups in total. The van der Waals surface area contributed by atoms with E-state index in [1.165, 1.54) is 5.56 Å². The maximum Gasteiger partial charge on any atom is 0.110 e. The number of nitrogens with two attached hydrogens (primary N) is 1. The minimum absolute atomic E-state index is 0.375. The molecule has 2 heterocycles. The van der Waals surface area contributed by atoms with E-state index >= 15 is 0 Å². The summed E-state index contributed by atoms with van der Waals surface area (Å²) in [7, 11) is 0. The van der Waals surface area contributed by atoms with Crippen LogP contribution in [0.15, 0.2) is 42.7 Å². The Hall–Kier alpha value is -2.36. The zero-order valence-electron chi connectivity index (χ0n) is 12.5. The van der Waals surface area contributed by atoms with Gasteiger partial charge in [-0.25, -0.2) is 4.98 Å². The van der Waals surface area contributed by atoms with E-state index in [0.717, 1.165) is 35.4 Å². The van der Waals surface area contributed by atoms with Crippen LogP contribution in [0.2, 0.25) is 0 Å². The second-order valence-electron chi connectivity index (χ2n) is 5.55. The van der Waals surface area contributed by atoms with E-state index in [2.05, 4.69) is 29.5 Å². The Labute approximate surface area is 124 Å². The van der Waals surface area contributed by atoms with Crippen LogP contribution in [-0.4, -0.2) is 14.5 Å². The second kappa shape index (κ2) is 5.56. The maximum atomic E-state index is 6.02. The van der Waals surface area contributed by atoms with E-state index < -0.39 is 0 Å². The Morgan fingerprint density at radius 1 is 1.14 bits per heavy atom. The van der Waals surface area contributed by atoms with Crippen LogP contribution in [0.25, 0.3) is 11.0 Å². The number of fused-ring (bicyclic) bond motifs is 1. The largest absolute Gasteiger partial charge is 0.399 e. The maximum absolute atomic E-state index is 6.02. The first-order chi connectivity index (χ1) is 10.2. The first-order valence-corrected chi connectivity index (χ1v) is 7.31. The molecule has 0 fully saturated rings. The van der Waals surface area contributed by atoms with Gasteiger partial charge in [0.2, 0.25) is 0 Å². The number of imidazole rings is 1. The molecule has 0 saturated carbocycles. The van der Waals surface area contributed by atoms with Gasteiger partial charge < -0.3 is 10.3 Å². The lowest BCUT2D eigenvalue weighted by atomic mass is 10.1. The summed E-state index contributed by atoms with van der Waals surface area (Å²) in [5.74, 6) is 1.09. The highest BCUT2D eigenvalue weighted by Crippen LogP contribution is 2.22. The van der Waals surface area contributed by atoms with Crippen LogP contribution < -0.4 is 5.73 Å². The van der Waals surface area contributed by atoms with Crippen molar-refractivity contribution in [2.75, 3.05) is 5.73 Å². The molecule has 0 radical (unpaired) electrons. The molecule has 1 aromatic carbocycles. The summed E-state index contributed by atoms with van der Waals surface area (Å²) in [4.78, 5) is 8.90. The van der Waals surface area contributed by atoms with Crippen molar-refractivity contribution in [3.05, 3.63) is 54.1 Å². The Morgan fingerprint density at radius 3 is 2.71 bits per heavy atom. The zero-order chi connectivity index (χ0) is 14.8. The molecule has 108 valence electrons. The standard InChI is InChI=1S/C17H20N4/c1-12(2)21-16-9-10-19-11-15(16)20-17(21)8-7-13-5-3-4-6-14(13)18/h3-6,9-12H,7-8,18H2,1-2H3. The van der Waals surface area contributed by atoms with Crippen molar-refractivity contribution in [3.8, 4) is 0 Å². The minimum atomic E-state index is 0.375. The van der Waals surface area contributed by atoms with Gasteiger partial charge in [0.1, 0.15) is 11.3 Å². The zero-order valence-corrected chi connectivity index (χ0v) is 12.5. The molecule has 0 aliphatic rings. The molecular weight excluding hydrogens is 260 g/mol. The highest BCUT2D eigenvalue weighted by Gasteiger charge is 2.13. The lowest BCUT2D eigenvalue weighted by Gasteiger charge is -2.13. The van der Waals surface area contributed by atoms with Gasteiger partial charge in [0.15, 0.2) is 0 Å². The molecule has 0 aliphatic carbocycles. The lowest BCUT2D eigenvalue weighted by Crippen LogP contribution is -2.08. The summed E-state index contributed by atoms with van der Waals surface area (Å²) in [5, 5.41) is 0. The monoisotopic (exact) mass is 280 g/mol. The molecule has 0 saturated heterocycles. The number of hydrogen-bond donors (Lipinski definition) is 1. The van der Waals surface area contributed by atoms with Crippen molar-refractivity contribution in [2.45, 2.75) is 32.7 Å². The number of hydrogen-bond acceptors (Lipinski definition) is 3. The summed E-state index contributed by atoms with van der Waals surface area (Å²) in [6.07, 6.45) is 5.42. The average Bonchev–Trinajstić information content (AvgIpc) is 2.85. The van der Waals surface area contributed by atoms with Crippen molar-refractivity contribution in [3.63, 3.8) is 0 Å². The first kappa shape index (κ1) is 13.6. The number of aryl methyl sites for hydroxylation is 2. The summed E-state index contributed by atoms with van der Waals surface area (Å²) >= 11 is 0. The smallest absolute Gasteiger partial charge is 0.110 e. The van der Waals surface area contributed by atoms with E-state index in [1.54, 1.807) is 0 Å². The average molecular weight is 280 g/mol. The molecule has 4 nitrogen and oxygen atoms in total. The molecule has 4 heteroatoms. The Balaban J connectivity index is 1.93. The molecule has 0 unspecified atom stereocenters. The second-order valence-corrected chi connectivity index (χ2v) is 5.55. The highest BCUT2D eigenvalue weighted by molar-refractivity contribution is 5.74. The third-order valence-electron chi connectivity index (χ3n) is 3.75. The molecular formula is C17H20N4. The van der Waals surface area contributed by atoms with E-state index in [9.17, 15) is 0 Å². The highest BCUT2D eigenvalue weighted by atomic mass is 15.1. The first-order valence-electron chi connectivity index (χ1n) is 7.31. The lowest BCUT2D eigenvalue weighted by molar-refractivity contribution is 0.582. The molecule has 0 aliphatic heterocycles. The van der Waals surface area contributed by atoms with Crippen molar-refractivity contribution in [1.29, 1.82) is 0 Å². The fourth-order valence-electron chi connectivity index (χ4n) is 2.76. The van der Waals surface area contributed by atoms with Gasteiger partial charge in [-0.2, -0.15) is 0 Å². The van der Waals surface area contributed by atoms with Crippen LogP contribution in [0.4, 0.5) is 5.69 Å². The number of para-hydroxylation sites is 1. The van der Waals surface area contributed by atoms with Crippen LogP contribution in [0.5, 0.6) is 0 Å². The summed E-state index contributed by atoms with van der Waals surface area (Å²) in [6, 6.07) is 10.4. The van der Waals surface area contributed by atoms with Gasteiger partial charge in [-0.3, -0.25) is 4.98 Å². The van der Waals surface area contributed by atoms with E-state index in [4.69, 9.17) is 10.7 Å². The molecule has 0 amide bonds. The summed E-state index contributed by atoms with van der Waals surface area (Å²) in [5.41, 5.74) is 10.2. The van der Waals surface area contributed by atoms with Crippen LogP contribution in [0.1, 0.15) is 31.3 Å².